The lowest BCUT2D eigenvalue weighted by molar-refractivity contribution is -0.0585. The van der Waals surface area contributed by atoms with E-state index in [-0.39, 0.29) is 18.6 Å². The number of hydrogen-bond donors (Lipinski definition) is 1. The highest BCUT2D eigenvalue weighted by Crippen LogP contribution is 2.12. The van der Waals surface area contributed by atoms with Crippen molar-refractivity contribution in [3.63, 3.8) is 0 Å². The number of methoxy groups -OCH3 is 1. The largest absolute Gasteiger partial charge is 0.389 e. The molecule has 1 N–H and O–H groups in total. The Labute approximate surface area is 173 Å². The highest BCUT2D eigenvalue weighted by atomic mass is 16.5. The standard InChI is InChI=1S/C22H34N2O5/c1-4-11-28-17-20(25)14-23-9-13-29-21(15-23)16-24(10-12-27-3)22(26)19-7-5-18(2)6-8-19/h4-8,20-21,25H,1,9-17H2,2-3H3/t20-,21+/m0/s1. The number of hydrogen-bond acceptors (Lipinski definition) is 6. The molecule has 7 heteroatoms. The van der Waals surface area contributed by atoms with Crippen molar-refractivity contribution in [1.29, 1.82) is 0 Å². The lowest BCUT2D eigenvalue weighted by atomic mass is 10.1. The number of carbonyl (C=O) groups excluding carboxylic acids is 1. The van der Waals surface area contributed by atoms with Crippen LogP contribution in [-0.2, 0) is 14.2 Å². The van der Waals surface area contributed by atoms with Gasteiger partial charge in [0.15, 0.2) is 0 Å². The van der Waals surface area contributed by atoms with Crippen molar-refractivity contribution in [3.05, 3.63) is 48.0 Å². The molecule has 7 nitrogen and oxygen atoms in total. The molecule has 0 bridgehead atoms. The third-order valence-corrected chi connectivity index (χ3v) is 4.81. The van der Waals surface area contributed by atoms with Gasteiger partial charge >= 0.3 is 0 Å². The number of aliphatic hydroxyl groups excluding tert-OH is 1. The molecular formula is C22H34N2O5. The molecule has 1 aliphatic rings. The smallest absolute Gasteiger partial charge is 0.254 e. The maximum absolute atomic E-state index is 13.0. The Balaban J connectivity index is 1.92. The van der Waals surface area contributed by atoms with Crippen LogP contribution in [0, 0.1) is 6.92 Å². The number of carbonyl (C=O) groups is 1. The molecule has 0 aromatic heterocycles. The quantitative estimate of drug-likeness (QED) is 0.417. The summed E-state index contributed by atoms with van der Waals surface area (Å²) in [5, 5.41) is 10.1. The second-order valence-corrected chi connectivity index (χ2v) is 7.34. The van der Waals surface area contributed by atoms with Gasteiger partial charge in [0.05, 0.1) is 38.6 Å². The average molecular weight is 407 g/mol. The molecule has 0 radical (unpaired) electrons. The Morgan fingerprint density at radius 3 is 2.90 bits per heavy atom. The van der Waals surface area contributed by atoms with Crippen LogP contribution in [0.5, 0.6) is 0 Å². The fourth-order valence-electron chi connectivity index (χ4n) is 3.30. The van der Waals surface area contributed by atoms with E-state index < -0.39 is 6.10 Å². The van der Waals surface area contributed by atoms with Crippen molar-refractivity contribution in [1.82, 2.24) is 9.80 Å². The zero-order valence-electron chi connectivity index (χ0n) is 17.6. The molecule has 2 rings (SSSR count). The van der Waals surface area contributed by atoms with Crippen LogP contribution >= 0.6 is 0 Å². The summed E-state index contributed by atoms with van der Waals surface area (Å²) in [6.45, 7) is 10.2. The summed E-state index contributed by atoms with van der Waals surface area (Å²) in [7, 11) is 1.63. The minimum Gasteiger partial charge on any atom is -0.389 e. The van der Waals surface area contributed by atoms with Crippen LogP contribution in [0.2, 0.25) is 0 Å². The van der Waals surface area contributed by atoms with Crippen LogP contribution in [0.15, 0.2) is 36.9 Å². The van der Waals surface area contributed by atoms with Crippen molar-refractivity contribution >= 4 is 5.91 Å². The molecule has 1 aromatic carbocycles. The van der Waals surface area contributed by atoms with Crippen molar-refractivity contribution in [2.45, 2.75) is 19.1 Å². The normalized spacial score (nSPS) is 18.4. The molecule has 0 spiro atoms. The van der Waals surface area contributed by atoms with Crippen LogP contribution in [-0.4, -0.2) is 99.3 Å². The molecule has 29 heavy (non-hydrogen) atoms. The number of β-amino-alcohol motifs (C(OH)–C–C–N with tert-alkyl or cyclic N) is 1. The number of benzene rings is 1. The molecule has 162 valence electrons. The lowest BCUT2D eigenvalue weighted by Gasteiger charge is -2.36. The fourth-order valence-corrected chi connectivity index (χ4v) is 3.30. The monoisotopic (exact) mass is 406 g/mol. The van der Waals surface area contributed by atoms with E-state index in [4.69, 9.17) is 14.2 Å². The van der Waals surface area contributed by atoms with Gasteiger partial charge in [0.1, 0.15) is 0 Å². The fraction of sp³-hybridized carbons (Fsp3) is 0.591. The van der Waals surface area contributed by atoms with Gasteiger partial charge in [-0.2, -0.15) is 0 Å². The summed E-state index contributed by atoms with van der Waals surface area (Å²) < 4.78 is 16.4. The first-order valence-corrected chi connectivity index (χ1v) is 10.1. The molecule has 1 aromatic rings. The maximum Gasteiger partial charge on any atom is 0.254 e. The minimum atomic E-state index is -0.563. The van der Waals surface area contributed by atoms with Crippen molar-refractivity contribution < 1.29 is 24.1 Å². The highest BCUT2D eigenvalue weighted by molar-refractivity contribution is 5.94. The van der Waals surface area contributed by atoms with Crippen LogP contribution in [0.3, 0.4) is 0 Å². The predicted molar refractivity (Wildman–Crippen MR) is 112 cm³/mol. The van der Waals surface area contributed by atoms with Gasteiger partial charge < -0.3 is 24.2 Å². The Kier molecular flexibility index (Phi) is 10.3. The van der Waals surface area contributed by atoms with Crippen LogP contribution < -0.4 is 0 Å². The number of nitrogens with zero attached hydrogens (tertiary/aromatic N) is 2. The average Bonchev–Trinajstić information content (AvgIpc) is 2.71. The maximum atomic E-state index is 13.0. The van der Waals surface area contributed by atoms with Gasteiger partial charge in [0, 0.05) is 45.4 Å². The van der Waals surface area contributed by atoms with E-state index in [1.807, 2.05) is 31.2 Å². The second kappa shape index (κ2) is 12.7. The van der Waals surface area contributed by atoms with Gasteiger partial charge in [-0.05, 0) is 19.1 Å². The number of morpholine rings is 1. The first-order valence-electron chi connectivity index (χ1n) is 10.1. The zero-order chi connectivity index (χ0) is 21.1. The topological polar surface area (TPSA) is 71.5 Å². The molecular weight excluding hydrogens is 372 g/mol. The van der Waals surface area contributed by atoms with E-state index in [2.05, 4.69) is 11.5 Å². The SMILES string of the molecule is C=CCOC[C@@H](O)CN1CCO[C@@H](CN(CCOC)C(=O)c2ccc(C)cc2)C1. The number of ether oxygens (including phenoxy) is 3. The third-order valence-electron chi connectivity index (χ3n) is 4.81. The number of aliphatic hydroxyl groups is 1. The zero-order valence-corrected chi connectivity index (χ0v) is 17.6. The Morgan fingerprint density at radius 1 is 1.45 bits per heavy atom. The molecule has 1 aliphatic heterocycles. The van der Waals surface area contributed by atoms with Crippen molar-refractivity contribution in [2.24, 2.45) is 0 Å². The number of aryl methyl sites for hydroxylation is 1. The van der Waals surface area contributed by atoms with Crippen molar-refractivity contribution in [3.8, 4) is 0 Å². The van der Waals surface area contributed by atoms with E-state index in [0.29, 0.717) is 51.6 Å². The molecule has 1 amide bonds. The Bertz CT molecular complexity index is 622. The summed E-state index contributed by atoms with van der Waals surface area (Å²) >= 11 is 0. The van der Waals surface area contributed by atoms with Gasteiger partial charge in [0.25, 0.3) is 5.91 Å². The molecule has 0 unspecified atom stereocenters. The van der Waals surface area contributed by atoms with Crippen LogP contribution in [0.4, 0.5) is 0 Å². The summed E-state index contributed by atoms with van der Waals surface area (Å²) in [5.74, 6) is -0.0272. The van der Waals surface area contributed by atoms with Gasteiger partial charge in [-0.3, -0.25) is 9.69 Å². The predicted octanol–water partition coefficient (Wildman–Crippen LogP) is 1.35. The van der Waals surface area contributed by atoms with Crippen molar-refractivity contribution in [2.75, 3.05) is 66.3 Å². The van der Waals surface area contributed by atoms with E-state index in [9.17, 15) is 9.90 Å². The van der Waals surface area contributed by atoms with E-state index in [0.717, 1.165) is 12.1 Å². The van der Waals surface area contributed by atoms with E-state index in [1.54, 1.807) is 18.1 Å². The third kappa shape index (κ3) is 8.24. The molecule has 0 aliphatic carbocycles. The minimum absolute atomic E-state index is 0.0272. The van der Waals surface area contributed by atoms with Crippen LogP contribution in [0.1, 0.15) is 15.9 Å². The van der Waals surface area contributed by atoms with Gasteiger partial charge in [-0.25, -0.2) is 0 Å². The molecule has 1 heterocycles. The van der Waals surface area contributed by atoms with Crippen LogP contribution in [0.25, 0.3) is 0 Å². The van der Waals surface area contributed by atoms with E-state index in [1.165, 1.54) is 0 Å². The number of amides is 1. The summed E-state index contributed by atoms with van der Waals surface area (Å²) in [5.41, 5.74) is 1.78. The van der Waals surface area contributed by atoms with Gasteiger partial charge in [-0.1, -0.05) is 23.8 Å². The molecule has 2 atom stereocenters. The Hall–Kier alpha value is -1.77. The summed E-state index contributed by atoms with van der Waals surface area (Å²) in [6.07, 6.45) is 0.987. The lowest BCUT2D eigenvalue weighted by Crippen LogP contribution is -2.51. The second-order valence-electron chi connectivity index (χ2n) is 7.34. The molecule has 0 saturated carbocycles. The summed E-state index contributed by atoms with van der Waals surface area (Å²) in [6, 6.07) is 7.59. The molecule has 1 saturated heterocycles. The molecule has 1 fully saturated rings. The van der Waals surface area contributed by atoms with Gasteiger partial charge in [0.2, 0.25) is 0 Å². The first-order chi connectivity index (χ1) is 14.0. The Morgan fingerprint density at radius 2 is 2.21 bits per heavy atom. The number of rotatable bonds is 12. The van der Waals surface area contributed by atoms with Gasteiger partial charge in [-0.15, -0.1) is 6.58 Å². The first kappa shape index (κ1) is 23.5. The summed E-state index contributed by atoms with van der Waals surface area (Å²) in [4.78, 5) is 16.9. The van der Waals surface area contributed by atoms with E-state index >= 15 is 0 Å². The highest BCUT2D eigenvalue weighted by Gasteiger charge is 2.26.